The third kappa shape index (κ3) is 3.46. The first-order valence-electron chi connectivity index (χ1n) is 5.38. The fourth-order valence-corrected chi connectivity index (χ4v) is 2.10. The molecule has 1 aromatic rings. The first-order chi connectivity index (χ1) is 7.84. The van der Waals surface area contributed by atoms with E-state index in [0.717, 1.165) is 31.0 Å². The molecular weight excluding hydrogens is 224 g/mol. The highest BCUT2D eigenvalue weighted by atomic mass is 32.1. The summed E-state index contributed by atoms with van der Waals surface area (Å²) in [6, 6.07) is 0. The fourth-order valence-electron chi connectivity index (χ4n) is 1.56. The molecule has 0 saturated carbocycles. The number of aromatic nitrogens is 1. The van der Waals surface area contributed by atoms with Crippen molar-refractivity contribution in [2.45, 2.75) is 25.5 Å². The Bertz CT molecular complexity index is 333. The molecule has 0 aliphatic carbocycles. The number of nitrogens with one attached hydrogen (secondary N) is 1. The van der Waals surface area contributed by atoms with Gasteiger partial charge < -0.3 is 15.8 Å². The van der Waals surface area contributed by atoms with Gasteiger partial charge in [0.25, 0.3) is 0 Å². The van der Waals surface area contributed by atoms with Crippen LogP contribution in [0.2, 0.25) is 0 Å². The second-order valence-corrected chi connectivity index (χ2v) is 4.62. The predicted octanol–water partition coefficient (Wildman–Crippen LogP) is 0.726. The SMILES string of the molecule is NC(=NCc1nccs1)NCC1CCCO1. The lowest BCUT2D eigenvalue weighted by atomic mass is 10.2. The van der Waals surface area contributed by atoms with Crippen molar-refractivity contribution < 1.29 is 4.74 Å². The van der Waals surface area contributed by atoms with Gasteiger partial charge in [0.2, 0.25) is 0 Å². The van der Waals surface area contributed by atoms with Gasteiger partial charge in [-0.05, 0) is 12.8 Å². The fraction of sp³-hybridized carbons (Fsp3) is 0.600. The summed E-state index contributed by atoms with van der Waals surface area (Å²) < 4.78 is 5.47. The maximum atomic E-state index is 5.73. The van der Waals surface area contributed by atoms with E-state index in [-0.39, 0.29) is 6.10 Å². The molecule has 16 heavy (non-hydrogen) atoms. The number of nitrogens with zero attached hydrogens (tertiary/aromatic N) is 2. The summed E-state index contributed by atoms with van der Waals surface area (Å²) in [6.07, 6.45) is 4.30. The number of guanidine groups is 1. The molecule has 2 heterocycles. The zero-order chi connectivity index (χ0) is 11.2. The third-order valence-corrected chi connectivity index (χ3v) is 3.17. The van der Waals surface area contributed by atoms with Gasteiger partial charge in [0, 0.05) is 24.7 Å². The number of ether oxygens (including phenoxy) is 1. The second kappa shape index (κ2) is 5.81. The minimum Gasteiger partial charge on any atom is -0.376 e. The van der Waals surface area contributed by atoms with Crippen LogP contribution in [0.15, 0.2) is 16.6 Å². The Labute approximate surface area is 98.7 Å². The van der Waals surface area contributed by atoms with E-state index in [1.165, 1.54) is 0 Å². The molecule has 5 nitrogen and oxygen atoms in total. The topological polar surface area (TPSA) is 72.5 Å². The van der Waals surface area contributed by atoms with Crippen LogP contribution in [0.1, 0.15) is 17.8 Å². The van der Waals surface area contributed by atoms with E-state index in [1.54, 1.807) is 17.5 Å². The van der Waals surface area contributed by atoms with Crippen molar-refractivity contribution in [2.75, 3.05) is 13.2 Å². The van der Waals surface area contributed by atoms with E-state index in [9.17, 15) is 0 Å². The van der Waals surface area contributed by atoms with Crippen LogP contribution in [0.5, 0.6) is 0 Å². The smallest absolute Gasteiger partial charge is 0.189 e. The number of hydrogen-bond donors (Lipinski definition) is 2. The Hall–Kier alpha value is -1.14. The first-order valence-corrected chi connectivity index (χ1v) is 6.26. The van der Waals surface area contributed by atoms with Gasteiger partial charge >= 0.3 is 0 Å². The zero-order valence-electron chi connectivity index (χ0n) is 9.06. The average Bonchev–Trinajstić information content (AvgIpc) is 2.96. The molecule has 3 N–H and O–H groups in total. The predicted molar refractivity (Wildman–Crippen MR) is 64.4 cm³/mol. The van der Waals surface area contributed by atoms with Crippen LogP contribution < -0.4 is 11.1 Å². The minimum atomic E-state index is 0.286. The molecule has 1 fully saturated rings. The van der Waals surface area contributed by atoms with Gasteiger partial charge in [-0.1, -0.05) is 0 Å². The second-order valence-electron chi connectivity index (χ2n) is 3.64. The van der Waals surface area contributed by atoms with E-state index in [2.05, 4.69) is 15.3 Å². The monoisotopic (exact) mass is 240 g/mol. The normalized spacial score (nSPS) is 21.2. The van der Waals surface area contributed by atoms with Crippen molar-refractivity contribution in [3.63, 3.8) is 0 Å². The van der Waals surface area contributed by atoms with Gasteiger partial charge in [0.15, 0.2) is 5.96 Å². The number of nitrogens with two attached hydrogens (primary N) is 1. The molecule has 6 heteroatoms. The molecule has 1 aliphatic rings. The standard InChI is InChI=1S/C10H16N4OS/c11-10(13-6-8-2-1-4-15-8)14-7-9-12-3-5-16-9/h3,5,8H,1-2,4,6-7H2,(H3,11,13,14). The highest BCUT2D eigenvalue weighted by Gasteiger charge is 2.14. The maximum Gasteiger partial charge on any atom is 0.189 e. The molecular formula is C10H16N4OS. The summed E-state index contributed by atoms with van der Waals surface area (Å²) in [5, 5.41) is 5.97. The quantitative estimate of drug-likeness (QED) is 0.601. The average molecular weight is 240 g/mol. The van der Waals surface area contributed by atoms with Crippen molar-refractivity contribution in [3.05, 3.63) is 16.6 Å². The molecule has 0 spiro atoms. The molecule has 1 unspecified atom stereocenters. The molecule has 0 bridgehead atoms. The largest absolute Gasteiger partial charge is 0.376 e. The molecule has 1 aliphatic heterocycles. The summed E-state index contributed by atoms with van der Waals surface area (Å²) in [7, 11) is 0. The van der Waals surface area contributed by atoms with E-state index in [1.807, 2.05) is 5.38 Å². The molecule has 0 radical (unpaired) electrons. The summed E-state index contributed by atoms with van der Waals surface area (Å²) in [5.41, 5.74) is 5.73. The van der Waals surface area contributed by atoms with Crippen molar-refractivity contribution in [2.24, 2.45) is 10.7 Å². The molecule has 1 atom stereocenters. The van der Waals surface area contributed by atoms with Crippen LogP contribution >= 0.6 is 11.3 Å². The van der Waals surface area contributed by atoms with Crippen LogP contribution in [-0.4, -0.2) is 30.2 Å². The van der Waals surface area contributed by atoms with Crippen LogP contribution in [0.25, 0.3) is 0 Å². The minimum absolute atomic E-state index is 0.286. The number of hydrogen-bond acceptors (Lipinski definition) is 4. The van der Waals surface area contributed by atoms with Crippen LogP contribution in [0, 0.1) is 0 Å². The first kappa shape index (κ1) is 11.3. The summed E-state index contributed by atoms with van der Waals surface area (Å²) in [5.74, 6) is 0.464. The Morgan fingerprint density at radius 1 is 1.75 bits per heavy atom. The molecule has 1 aromatic heterocycles. The van der Waals surface area contributed by atoms with E-state index < -0.39 is 0 Å². The number of thiazole rings is 1. The van der Waals surface area contributed by atoms with E-state index in [0.29, 0.717) is 12.5 Å². The number of aliphatic imine (C=N–C) groups is 1. The Kier molecular flexibility index (Phi) is 4.12. The van der Waals surface area contributed by atoms with Crippen molar-refractivity contribution in [1.82, 2.24) is 10.3 Å². The van der Waals surface area contributed by atoms with Crippen LogP contribution in [0.3, 0.4) is 0 Å². The zero-order valence-corrected chi connectivity index (χ0v) is 9.87. The lowest BCUT2D eigenvalue weighted by Gasteiger charge is -2.10. The molecule has 88 valence electrons. The van der Waals surface area contributed by atoms with Gasteiger partial charge in [0.1, 0.15) is 5.01 Å². The van der Waals surface area contributed by atoms with E-state index in [4.69, 9.17) is 10.5 Å². The van der Waals surface area contributed by atoms with Gasteiger partial charge in [0.05, 0.1) is 12.6 Å². The van der Waals surface area contributed by atoms with Crippen LogP contribution in [0.4, 0.5) is 0 Å². The Balaban J connectivity index is 1.70. The van der Waals surface area contributed by atoms with Gasteiger partial charge in [-0.25, -0.2) is 9.98 Å². The molecule has 2 rings (SSSR count). The van der Waals surface area contributed by atoms with E-state index >= 15 is 0 Å². The third-order valence-electron chi connectivity index (χ3n) is 2.40. The van der Waals surface area contributed by atoms with Crippen molar-refractivity contribution in [1.29, 1.82) is 0 Å². The van der Waals surface area contributed by atoms with Crippen molar-refractivity contribution in [3.8, 4) is 0 Å². The lowest BCUT2D eigenvalue weighted by molar-refractivity contribution is 0.114. The van der Waals surface area contributed by atoms with Gasteiger partial charge in [-0.3, -0.25) is 0 Å². The summed E-state index contributed by atoms with van der Waals surface area (Å²) >= 11 is 1.58. The number of rotatable bonds is 4. The maximum absolute atomic E-state index is 5.73. The van der Waals surface area contributed by atoms with Crippen LogP contribution in [-0.2, 0) is 11.3 Å². The van der Waals surface area contributed by atoms with Gasteiger partial charge in [-0.15, -0.1) is 11.3 Å². The van der Waals surface area contributed by atoms with Gasteiger partial charge in [-0.2, -0.15) is 0 Å². The summed E-state index contributed by atoms with van der Waals surface area (Å²) in [6.45, 7) is 2.15. The molecule has 0 aromatic carbocycles. The van der Waals surface area contributed by atoms with Crippen molar-refractivity contribution >= 4 is 17.3 Å². The highest BCUT2D eigenvalue weighted by Crippen LogP contribution is 2.10. The molecule has 1 saturated heterocycles. The lowest BCUT2D eigenvalue weighted by Crippen LogP contribution is -2.37. The molecule has 0 amide bonds. The Morgan fingerprint density at radius 2 is 2.69 bits per heavy atom. The summed E-state index contributed by atoms with van der Waals surface area (Å²) in [4.78, 5) is 8.33. The highest BCUT2D eigenvalue weighted by molar-refractivity contribution is 7.09. The Morgan fingerprint density at radius 3 is 3.38 bits per heavy atom.